The highest BCUT2D eigenvalue weighted by atomic mass is 32.1. The highest BCUT2D eigenvalue weighted by Gasteiger charge is 2.08. The summed E-state index contributed by atoms with van der Waals surface area (Å²) in [6.07, 6.45) is 2.90. The second-order valence-corrected chi connectivity index (χ2v) is 5.64. The Kier molecular flexibility index (Phi) is 4.60. The molecule has 0 radical (unpaired) electrons. The summed E-state index contributed by atoms with van der Waals surface area (Å²) in [5.74, 6) is 0.740. The van der Waals surface area contributed by atoms with Gasteiger partial charge in [0, 0.05) is 12.1 Å². The van der Waals surface area contributed by atoms with Crippen molar-refractivity contribution in [2.24, 2.45) is 0 Å². The van der Waals surface area contributed by atoms with Crippen LogP contribution in [0.5, 0.6) is 0 Å². The van der Waals surface area contributed by atoms with Gasteiger partial charge in [-0.25, -0.2) is 0 Å². The quantitative estimate of drug-likeness (QED) is 0.761. The van der Waals surface area contributed by atoms with Crippen molar-refractivity contribution in [2.75, 3.05) is 0 Å². The Balaban J connectivity index is 1.56. The molecule has 22 heavy (non-hydrogen) atoms. The van der Waals surface area contributed by atoms with Gasteiger partial charge in [-0.3, -0.25) is 9.36 Å². The van der Waals surface area contributed by atoms with E-state index in [9.17, 15) is 4.79 Å². The molecule has 2 aromatic heterocycles. The van der Waals surface area contributed by atoms with Crippen molar-refractivity contribution < 1.29 is 4.79 Å². The molecule has 0 saturated heterocycles. The predicted octanol–water partition coefficient (Wildman–Crippen LogP) is 2.58. The maximum atomic E-state index is 11.9. The third-order valence-corrected chi connectivity index (χ3v) is 4.05. The second-order valence-electron chi connectivity index (χ2n) is 4.86. The molecule has 3 rings (SSSR count). The van der Waals surface area contributed by atoms with Crippen LogP contribution >= 0.6 is 11.3 Å². The highest BCUT2D eigenvalue weighted by molar-refractivity contribution is 7.07. The summed E-state index contributed by atoms with van der Waals surface area (Å²) in [4.78, 5) is 11.9. The predicted molar refractivity (Wildman–Crippen MR) is 85.8 cm³/mol. The molecule has 0 aliphatic carbocycles. The fourth-order valence-corrected chi connectivity index (χ4v) is 2.85. The Bertz CT molecular complexity index is 722. The molecule has 3 aromatic rings. The number of thiophene rings is 1. The number of nitrogens with one attached hydrogen (secondary N) is 1. The van der Waals surface area contributed by atoms with Gasteiger partial charge in [0.25, 0.3) is 0 Å². The molecule has 1 aromatic carbocycles. The summed E-state index contributed by atoms with van der Waals surface area (Å²) in [5.41, 5.74) is 2.18. The number of para-hydroxylation sites is 1. The molecule has 2 heterocycles. The first-order valence-corrected chi connectivity index (χ1v) is 7.99. The lowest BCUT2D eigenvalue weighted by molar-refractivity contribution is -0.121. The smallest absolute Gasteiger partial charge is 0.220 e. The van der Waals surface area contributed by atoms with E-state index in [0.29, 0.717) is 13.0 Å². The molecule has 5 nitrogen and oxygen atoms in total. The number of rotatable bonds is 6. The van der Waals surface area contributed by atoms with Gasteiger partial charge in [-0.15, -0.1) is 10.2 Å². The van der Waals surface area contributed by atoms with E-state index < -0.39 is 0 Å². The number of benzene rings is 1. The normalized spacial score (nSPS) is 10.5. The van der Waals surface area contributed by atoms with E-state index in [0.717, 1.165) is 17.9 Å². The van der Waals surface area contributed by atoms with E-state index in [1.54, 1.807) is 17.7 Å². The zero-order valence-corrected chi connectivity index (χ0v) is 12.8. The first-order chi connectivity index (χ1) is 10.8. The summed E-state index contributed by atoms with van der Waals surface area (Å²) in [6.45, 7) is 0.372. The minimum atomic E-state index is 0.0220. The number of aromatic nitrogens is 3. The van der Waals surface area contributed by atoms with Crippen molar-refractivity contribution in [3.8, 4) is 5.69 Å². The van der Waals surface area contributed by atoms with Crippen LogP contribution in [0.1, 0.15) is 17.8 Å². The second kappa shape index (κ2) is 7.00. The van der Waals surface area contributed by atoms with Gasteiger partial charge < -0.3 is 5.32 Å². The van der Waals surface area contributed by atoms with E-state index in [1.807, 2.05) is 46.3 Å². The number of carbonyl (C=O) groups is 1. The van der Waals surface area contributed by atoms with Crippen molar-refractivity contribution in [3.63, 3.8) is 0 Å². The Morgan fingerprint density at radius 2 is 2.09 bits per heavy atom. The monoisotopic (exact) mass is 312 g/mol. The van der Waals surface area contributed by atoms with Crippen LogP contribution in [0.3, 0.4) is 0 Å². The Morgan fingerprint density at radius 3 is 2.86 bits per heavy atom. The van der Waals surface area contributed by atoms with Crippen LogP contribution in [0.4, 0.5) is 0 Å². The van der Waals surface area contributed by atoms with Gasteiger partial charge in [0.15, 0.2) is 5.82 Å². The van der Waals surface area contributed by atoms with Crippen molar-refractivity contribution >= 4 is 17.2 Å². The summed E-state index contributed by atoms with van der Waals surface area (Å²) in [7, 11) is 0. The molecular formula is C16H16N4OS. The minimum Gasteiger partial charge on any atom is -0.349 e. The first kappa shape index (κ1) is 14.5. The van der Waals surface area contributed by atoms with E-state index in [4.69, 9.17) is 0 Å². The standard InChI is InChI=1S/C16H16N4OS/c21-16(7-6-13-8-9-22-11-13)17-10-15-19-18-12-20(15)14-4-2-1-3-5-14/h1-5,8-9,11-12H,6-7,10H2,(H,17,21). The van der Waals surface area contributed by atoms with Crippen molar-refractivity contribution in [1.29, 1.82) is 0 Å². The van der Waals surface area contributed by atoms with Crippen molar-refractivity contribution in [2.45, 2.75) is 19.4 Å². The van der Waals surface area contributed by atoms with Crippen LogP contribution in [0.15, 0.2) is 53.5 Å². The average molecular weight is 312 g/mol. The highest BCUT2D eigenvalue weighted by Crippen LogP contribution is 2.10. The van der Waals surface area contributed by atoms with Crippen LogP contribution in [-0.4, -0.2) is 20.7 Å². The molecule has 0 aliphatic heterocycles. The van der Waals surface area contributed by atoms with Gasteiger partial charge in [-0.2, -0.15) is 11.3 Å². The average Bonchev–Trinajstić information content (AvgIpc) is 3.23. The summed E-state index contributed by atoms with van der Waals surface area (Å²) in [6, 6.07) is 11.9. The van der Waals surface area contributed by atoms with Gasteiger partial charge in [-0.1, -0.05) is 18.2 Å². The number of carbonyl (C=O) groups excluding carboxylic acids is 1. The van der Waals surface area contributed by atoms with E-state index in [1.165, 1.54) is 5.56 Å². The summed E-state index contributed by atoms with van der Waals surface area (Å²) < 4.78 is 1.87. The van der Waals surface area contributed by atoms with Crippen LogP contribution in [-0.2, 0) is 17.8 Å². The molecule has 0 unspecified atom stereocenters. The number of hydrogen-bond donors (Lipinski definition) is 1. The van der Waals surface area contributed by atoms with Gasteiger partial charge >= 0.3 is 0 Å². The molecule has 1 N–H and O–H groups in total. The Labute approximate surface area is 132 Å². The number of nitrogens with zero attached hydrogens (tertiary/aromatic N) is 3. The van der Waals surface area contributed by atoms with Crippen LogP contribution in [0, 0.1) is 0 Å². The SMILES string of the molecule is O=C(CCc1ccsc1)NCc1nncn1-c1ccccc1. The molecule has 0 fully saturated rings. The van der Waals surface area contributed by atoms with Gasteiger partial charge in [0.05, 0.1) is 6.54 Å². The van der Waals surface area contributed by atoms with Crippen molar-refractivity contribution in [3.05, 3.63) is 64.9 Å². The Hall–Kier alpha value is -2.47. The van der Waals surface area contributed by atoms with Gasteiger partial charge in [-0.05, 0) is 40.9 Å². The molecule has 6 heteroatoms. The lowest BCUT2D eigenvalue weighted by Crippen LogP contribution is -2.24. The van der Waals surface area contributed by atoms with Gasteiger partial charge in [0.2, 0.25) is 5.91 Å². The first-order valence-electron chi connectivity index (χ1n) is 7.05. The lowest BCUT2D eigenvalue weighted by Gasteiger charge is -2.07. The summed E-state index contributed by atoms with van der Waals surface area (Å²) in [5, 5.41) is 15.0. The number of aryl methyl sites for hydroxylation is 1. The molecular weight excluding hydrogens is 296 g/mol. The molecule has 0 aliphatic rings. The maximum absolute atomic E-state index is 11.9. The van der Waals surface area contributed by atoms with Crippen molar-refractivity contribution in [1.82, 2.24) is 20.1 Å². The zero-order chi connectivity index (χ0) is 15.2. The lowest BCUT2D eigenvalue weighted by atomic mass is 10.2. The van der Waals surface area contributed by atoms with Gasteiger partial charge in [0.1, 0.15) is 6.33 Å². The maximum Gasteiger partial charge on any atom is 0.220 e. The molecule has 0 saturated carbocycles. The fraction of sp³-hybridized carbons (Fsp3) is 0.188. The number of hydrogen-bond acceptors (Lipinski definition) is 4. The largest absolute Gasteiger partial charge is 0.349 e. The van der Waals surface area contributed by atoms with Crippen LogP contribution < -0.4 is 5.32 Å². The third-order valence-electron chi connectivity index (χ3n) is 3.32. The zero-order valence-electron chi connectivity index (χ0n) is 12.0. The van der Waals surface area contributed by atoms with Crippen LogP contribution in [0.2, 0.25) is 0 Å². The van der Waals surface area contributed by atoms with E-state index in [-0.39, 0.29) is 5.91 Å². The molecule has 1 amide bonds. The number of amides is 1. The molecule has 0 bridgehead atoms. The van der Waals surface area contributed by atoms with E-state index in [2.05, 4.69) is 20.9 Å². The summed E-state index contributed by atoms with van der Waals surface area (Å²) >= 11 is 1.65. The van der Waals surface area contributed by atoms with E-state index >= 15 is 0 Å². The fourth-order valence-electron chi connectivity index (χ4n) is 2.14. The molecule has 0 spiro atoms. The molecule has 112 valence electrons. The molecule has 0 atom stereocenters. The minimum absolute atomic E-state index is 0.0220. The topological polar surface area (TPSA) is 59.8 Å². The third kappa shape index (κ3) is 3.59. The Morgan fingerprint density at radius 1 is 1.23 bits per heavy atom. The van der Waals surface area contributed by atoms with Crippen LogP contribution in [0.25, 0.3) is 5.69 Å².